The molecule has 18 heavy (non-hydrogen) atoms. The summed E-state index contributed by atoms with van der Waals surface area (Å²) >= 11 is 0. The average molecular weight is 245 g/mol. The molecule has 3 heteroatoms. The molecule has 0 aliphatic rings. The number of rotatable bonds is 4. The number of pyridine rings is 1. The van der Waals surface area contributed by atoms with Crippen molar-refractivity contribution in [2.24, 2.45) is 0 Å². The van der Waals surface area contributed by atoms with Gasteiger partial charge in [-0.3, -0.25) is 4.98 Å². The smallest absolute Gasteiger partial charge is 0.127 e. The summed E-state index contributed by atoms with van der Waals surface area (Å²) in [5, 5.41) is 9.64. The van der Waals surface area contributed by atoms with E-state index in [0.29, 0.717) is 12.0 Å². The average Bonchev–Trinajstić information content (AvgIpc) is 2.40. The summed E-state index contributed by atoms with van der Waals surface area (Å²) in [7, 11) is 0. The maximum Gasteiger partial charge on any atom is 0.127 e. The van der Waals surface area contributed by atoms with Gasteiger partial charge in [-0.2, -0.15) is 0 Å². The number of halogens is 1. The quantitative estimate of drug-likeness (QED) is 0.898. The van der Waals surface area contributed by atoms with Gasteiger partial charge in [0, 0.05) is 17.8 Å². The highest BCUT2D eigenvalue weighted by atomic mass is 19.1. The molecule has 0 spiro atoms. The van der Waals surface area contributed by atoms with Gasteiger partial charge in [-0.15, -0.1) is 0 Å². The maximum atomic E-state index is 13.8. The molecule has 0 amide bonds. The summed E-state index contributed by atoms with van der Waals surface area (Å²) in [6.45, 7) is 1.75. The first-order valence-electron chi connectivity index (χ1n) is 5.90. The van der Waals surface area contributed by atoms with Gasteiger partial charge in [-0.05, 0) is 29.7 Å². The van der Waals surface area contributed by atoms with Crippen LogP contribution < -0.4 is 0 Å². The van der Waals surface area contributed by atoms with Crippen molar-refractivity contribution in [2.45, 2.75) is 18.8 Å². The highest BCUT2D eigenvalue weighted by Gasteiger charge is 2.29. The van der Waals surface area contributed by atoms with E-state index in [1.54, 1.807) is 30.6 Å². The predicted octanol–water partition coefficient (Wildman–Crippen LogP) is 2.71. The van der Waals surface area contributed by atoms with E-state index in [9.17, 15) is 9.50 Å². The first-order chi connectivity index (χ1) is 8.65. The zero-order chi connectivity index (χ0) is 13.0. The molecule has 94 valence electrons. The van der Waals surface area contributed by atoms with Crippen molar-refractivity contribution in [3.05, 3.63) is 65.7 Å². The maximum absolute atomic E-state index is 13.8. The Morgan fingerprint density at radius 2 is 2.00 bits per heavy atom. The third kappa shape index (κ3) is 2.57. The van der Waals surface area contributed by atoms with Gasteiger partial charge in [0.1, 0.15) is 5.82 Å². The van der Waals surface area contributed by atoms with E-state index in [2.05, 4.69) is 4.98 Å². The number of aromatic nitrogens is 1. The Morgan fingerprint density at radius 3 is 2.61 bits per heavy atom. The molecule has 1 aromatic heterocycles. The highest BCUT2D eigenvalue weighted by molar-refractivity contribution is 5.29. The molecule has 0 bridgehead atoms. The molecule has 0 radical (unpaired) electrons. The fourth-order valence-corrected chi connectivity index (χ4v) is 2.14. The predicted molar refractivity (Wildman–Crippen MR) is 68.8 cm³/mol. The minimum Gasteiger partial charge on any atom is -0.395 e. The zero-order valence-corrected chi connectivity index (χ0v) is 10.3. The SMILES string of the molecule is CC(CO)(Cc1cccnc1)c1ccccc1F. The van der Waals surface area contributed by atoms with Crippen molar-refractivity contribution < 1.29 is 9.50 Å². The first kappa shape index (κ1) is 12.7. The molecule has 1 heterocycles. The lowest BCUT2D eigenvalue weighted by Gasteiger charge is -2.28. The molecule has 0 fully saturated rings. The second-order valence-corrected chi connectivity index (χ2v) is 4.74. The van der Waals surface area contributed by atoms with Gasteiger partial charge in [-0.1, -0.05) is 31.2 Å². The standard InChI is InChI=1S/C15H16FNO/c1-15(11-18,9-12-5-4-8-17-10-12)13-6-2-3-7-14(13)16/h2-8,10,18H,9,11H2,1H3. The Bertz CT molecular complexity index is 515. The lowest BCUT2D eigenvalue weighted by Crippen LogP contribution is -2.30. The van der Waals surface area contributed by atoms with E-state index in [0.717, 1.165) is 5.56 Å². The van der Waals surface area contributed by atoms with Crippen molar-refractivity contribution >= 4 is 0 Å². The van der Waals surface area contributed by atoms with E-state index in [1.807, 2.05) is 19.1 Å². The van der Waals surface area contributed by atoms with Crippen LogP contribution in [0.2, 0.25) is 0 Å². The van der Waals surface area contributed by atoms with Crippen molar-refractivity contribution in [3.8, 4) is 0 Å². The number of benzene rings is 1. The van der Waals surface area contributed by atoms with Gasteiger partial charge in [0.15, 0.2) is 0 Å². The minimum atomic E-state index is -0.631. The lowest BCUT2D eigenvalue weighted by molar-refractivity contribution is 0.201. The van der Waals surface area contributed by atoms with E-state index in [4.69, 9.17) is 0 Å². The van der Waals surface area contributed by atoms with Crippen LogP contribution in [0.15, 0.2) is 48.8 Å². The van der Waals surface area contributed by atoms with Crippen LogP contribution in [0.3, 0.4) is 0 Å². The van der Waals surface area contributed by atoms with Crippen molar-refractivity contribution in [1.82, 2.24) is 4.98 Å². The fraction of sp³-hybridized carbons (Fsp3) is 0.267. The highest BCUT2D eigenvalue weighted by Crippen LogP contribution is 2.29. The van der Waals surface area contributed by atoms with E-state index in [1.165, 1.54) is 6.07 Å². The van der Waals surface area contributed by atoms with E-state index in [-0.39, 0.29) is 12.4 Å². The Labute approximate surface area is 106 Å². The molecule has 1 atom stereocenters. The Kier molecular flexibility index (Phi) is 3.72. The molecule has 1 unspecified atom stereocenters. The molecule has 1 N–H and O–H groups in total. The second kappa shape index (κ2) is 5.27. The van der Waals surface area contributed by atoms with Crippen molar-refractivity contribution in [3.63, 3.8) is 0 Å². The summed E-state index contributed by atoms with van der Waals surface area (Å²) in [5.74, 6) is -0.280. The summed E-state index contributed by atoms with van der Waals surface area (Å²) in [6, 6.07) is 10.4. The molecular weight excluding hydrogens is 229 g/mol. The summed E-state index contributed by atoms with van der Waals surface area (Å²) in [5.41, 5.74) is 0.891. The van der Waals surface area contributed by atoms with Gasteiger partial charge >= 0.3 is 0 Å². The Balaban J connectivity index is 2.34. The number of aliphatic hydroxyl groups is 1. The van der Waals surface area contributed by atoms with Crippen LogP contribution in [-0.4, -0.2) is 16.7 Å². The normalized spacial score (nSPS) is 14.2. The van der Waals surface area contributed by atoms with Crippen LogP contribution in [-0.2, 0) is 11.8 Å². The van der Waals surface area contributed by atoms with Crippen molar-refractivity contribution in [1.29, 1.82) is 0 Å². The van der Waals surface area contributed by atoms with Crippen molar-refractivity contribution in [2.75, 3.05) is 6.61 Å². The summed E-state index contributed by atoms with van der Waals surface area (Å²) < 4.78 is 13.8. The minimum absolute atomic E-state index is 0.108. The topological polar surface area (TPSA) is 33.1 Å². The van der Waals surface area contributed by atoms with Crippen LogP contribution >= 0.6 is 0 Å². The molecule has 0 aliphatic heterocycles. The number of hydrogen-bond donors (Lipinski definition) is 1. The molecule has 0 saturated heterocycles. The van der Waals surface area contributed by atoms with Crippen LogP contribution in [0.4, 0.5) is 4.39 Å². The third-order valence-corrected chi connectivity index (χ3v) is 3.19. The lowest BCUT2D eigenvalue weighted by atomic mass is 9.78. The Hall–Kier alpha value is -1.74. The second-order valence-electron chi connectivity index (χ2n) is 4.74. The van der Waals surface area contributed by atoms with Crippen LogP contribution in [0.5, 0.6) is 0 Å². The molecular formula is C15H16FNO. The summed E-state index contributed by atoms with van der Waals surface area (Å²) in [6.07, 6.45) is 4.00. The zero-order valence-electron chi connectivity index (χ0n) is 10.3. The van der Waals surface area contributed by atoms with Gasteiger partial charge in [-0.25, -0.2) is 4.39 Å². The molecule has 2 rings (SSSR count). The van der Waals surface area contributed by atoms with Gasteiger partial charge in [0.25, 0.3) is 0 Å². The van der Waals surface area contributed by atoms with Crippen LogP contribution in [0.1, 0.15) is 18.1 Å². The third-order valence-electron chi connectivity index (χ3n) is 3.19. The Morgan fingerprint density at radius 1 is 1.22 bits per heavy atom. The number of hydrogen-bond acceptors (Lipinski definition) is 2. The van der Waals surface area contributed by atoms with Crippen LogP contribution in [0, 0.1) is 5.82 Å². The van der Waals surface area contributed by atoms with Crippen LogP contribution in [0.25, 0.3) is 0 Å². The fourth-order valence-electron chi connectivity index (χ4n) is 2.14. The van der Waals surface area contributed by atoms with Gasteiger partial charge in [0.2, 0.25) is 0 Å². The monoisotopic (exact) mass is 245 g/mol. The van der Waals surface area contributed by atoms with Gasteiger partial charge < -0.3 is 5.11 Å². The molecule has 0 saturated carbocycles. The number of aliphatic hydroxyl groups excluding tert-OH is 1. The summed E-state index contributed by atoms with van der Waals surface area (Å²) in [4.78, 5) is 4.04. The van der Waals surface area contributed by atoms with E-state index < -0.39 is 5.41 Å². The first-order valence-corrected chi connectivity index (χ1v) is 5.90. The molecule has 2 nitrogen and oxygen atoms in total. The van der Waals surface area contributed by atoms with Gasteiger partial charge in [0.05, 0.1) is 6.61 Å². The molecule has 2 aromatic rings. The number of nitrogens with zero attached hydrogens (tertiary/aromatic N) is 1. The van der Waals surface area contributed by atoms with E-state index >= 15 is 0 Å². The molecule has 0 aliphatic carbocycles. The molecule has 1 aromatic carbocycles. The largest absolute Gasteiger partial charge is 0.395 e.